The van der Waals surface area contributed by atoms with Crippen molar-refractivity contribution in [3.05, 3.63) is 70.8 Å². The minimum Gasteiger partial charge on any atom is -0.271 e. The van der Waals surface area contributed by atoms with Crippen LogP contribution in [0.3, 0.4) is 0 Å². The number of rotatable bonds is 4. The minimum absolute atomic E-state index is 0.160. The molecular formula is C16H20N2. The summed E-state index contributed by atoms with van der Waals surface area (Å²) in [6.07, 6.45) is 0.906. The van der Waals surface area contributed by atoms with Gasteiger partial charge in [-0.3, -0.25) is 11.3 Å². The van der Waals surface area contributed by atoms with Crippen LogP contribution in [-0.4, -0.2) is 0 Å². The van der Waals surface area contributed by atoms with Crippen molar-refractivity contribution in [1.29, 1.82) is 0 Å². The summed E-state index contributed by atoms with van der Waals surface area (Å²) in [7, 11) is 0. The maximum atomic E-state index is 5.71. The zero-order valence-corrected chi connectivity index (χ0v) is 11.0. The molecule has 0 heterocycles. The van der Waals surface area contributed by atoms with E-state index in [0.717, 1.165) is 6.42 Å². The lowest BCUT2D eigenvalue weighted by Gasteiger charge is -2.18. The first kappa shape index (κ1) is 12.8. The molecule has 0 aliphatic rings. The summed E-state index contributed by atoms with van der Waals surface area (Å²) in [6, 6.07) is 17.1. The molecule has 2 aromatic carbocycles. The molecule has 0 amide bonds. The highest BCUT2D eigenvalue weighted by Gasteiger charge is 2.12. The second-order valence-corrected chi connectivity index (χ2v) is 4.77. The molecule has 2 aromatic rings. The molecule has 0 aromatic heterocycles. The molecule has 0 saturated heterocycles. The normalized spacial score (nSPS) is 12.4. The topological polar surface area (TPSA) is 38.0 Å². The lowest BCUT2D eigenvalue weighted by molar-refractivity contribution is 0.549. The highest BCUT2D eigenvalue weighted by molar-refractivity contribution is 5.31. The van der Waals surface area contributed by atoms with E-state index < -0.39 is 0 Å². The number of aryl methyl sites for hydroxylation is 2. The molecule has 2 heteroatoms. The minimum atomic E-state index is 0.160. The van der Waals surface area contributed by atoms with Crippen molar-refractivity contribution in [2.75, 3.05) is 0 Å². The van der Waals surface area contributed by atoms with E-state index in [2.05, 4.69) is 67.8 Å². The molecule has 0 fully saturated rings. The molecule has 2 nitrogen and oxygen atoms in total. The van der Waals surface area contributed by atoms with E-state index in [1.54, 1.807) is 0 Å². The van der Waals surface area contributed by atoms with Gasteiger partial charge < -0.3 is 0 Å². The fourth-order valence-corrected chi connectivity index (χ4v) is 2.31. The van der Waals surface area contributed by atoms with Gasteiger partial charge in [0.2, 0.25) is 0 Å². The molecule has 1 unspecified atom stereocenters. The Labute approximate surface area is 109 Å². The van der Waals surface area contributed by atoms with Crippen molar-refractivity contribution in [2.45, 2.75) is 26.3 Å². The molecule has 3 N–H and O–H groups in total. The zero-order chi connectivity index (χ0) is 13.0. The second-order valence-electron chi connectivity index (χ2n) is 4.77. The van der Waals surface area contributed by atoms with Gasteiger partial charge in [-0.1, -0.05) is 54.1 Å². The van der Waals surface area contributed by atoms with Crippen LogP contribution in [-0.2, 0) is 6.42 Å². The Morgan fingerprint density at radius 3 is 2.50 bits per heavy atom. The first-order valence-corrected chi connectivity index (χ1v) is 6.28. The molecule has 94 valence electrons. The van der Waals surface area contributed by atoms with E-state index in [-0.39, 0.29) is 6.04 Å². The van der Waals surface area contributed by atoms with Gasteiger partial charge in [0.1, 0.15) is 0 Å². The predicted molar refractivity (Wildman–Crippen MR) is 76.1 cm³/mol. The van der Waals surface area contributed by atoms with Crippen LogP contribution in [0, 0.1) is 13.8 Å². The van der Waals surface area contributed by atoms with Gasteiger partial charge in [0.15, 0.2) is 0 Å². The molecule has 0 aliphatic carbocycles. The van der Waals surface area contributed by atoms with Gasteiger partial charge in [0.25, 0.3) is 0 Å². The van der Waals surface area contributed by atoms with Crippen molar-refractivity contribution in [3.63, 3.8) is 0 Å². The molecule has 2 rings (SSSR count). The summed E-state index contributed by atoms with van der Waals surface area (Å²) in [6.45, 7) is 4.23. The van der Waals surface area contributed by atoms with Crippen molar-refractivity contribution >= 4 is 0 Å². The number of benzene rings is 2. The highest BCUT2D eigenvalue weighted by Crippen LogP contribution is 2.21. The van der Waals surface area contributed by atoms with Crippen LogP contribution in [0.25, 0.3) is 0 Å². The Balaban J connectivity index is 2.23. The van der Waals surface area contributed by atoms with Crippen LogP contribution in [0.4, 0.5) is 0 Å². The van der Waals surface area contributed by atoms with Crippen LogP contribution < -0.4 is 11.3 Å². The fourth-order valence-electron chi connectivity index (χ4n) is 2.31. The maximum Gasteiger partial charge on any atom is 0.0502 e. The van der Waals surface area contributed by atoms with Crippen molar-refractivity contribution in [3.8, 4) is 0 Å². The summed E-state index contributed by atoms with van der Waals surface area (Å²) in [5.41, 5.74) is 8.06. The Morgan fingerprint density at radius 2 is 1.83 bits per heavy atom. The van der Waals surface area contributed by atoms with Gasteiger partial charge in [-0.15, -0.1) is 0 Å². The molecule has 18 heavy (non-hydrogen) atoms. The van der Waals surface area contributed by atoms with Gasteiger partial charge in [0.05, 0.1) is 6.04 Å². The lowest BCUT2D eigenvalue weighted by Crippen LogP contribution is -2.30. The van der Waals surface area contributed by atoms with Crippen molar-refractivity contribution in [1.82, 2.24) is 5.43 Å². The van der Waals surface area contributed by atoms with Crippen LogP contribution in [0.2, 0.25) is 0 Å². The largest absolute Gasteiger partial charge is 0.271 e. The number of hydrazine groups is 1. The Morgan fingerprint density at radius 1 is 1.06 bits per heavy atom. The first-order chi connectivity index (χ1) is 8.70. The standard InChI is InChI=1S/C16H20N2/c1-12-6-5-8-14(10-12)11-16(18-17)15-9-4-3-7-13(15)2/h3-10,16,18H,11,17H2,1-2H3. The maximum absolute atomic E-state index is 5.71. The molecule has 0 radical (unpaired) electrons. The van der Waals surface area contributed by atoms with Gasteiger partial charge in [-0.2, -0.15) is 0 Å². The Hall–Kier alpha value is -1.64. The van der Waals surface area contributed by atoms with Gasteiger partial charge in [-0.05, 0) is 37.0 Å². The third kappa shape index (κ3) is 2.97. The van der Waals surface area contributed by atoms with Crippen LogP contribution in [0.15, 0.2) is 48.5 Å². The third-order valence-corrected chi connectivity index (χ3v) is 3.29. The first-order valence-electron chi connectivity index (χ1n) is 6.28. The van der Waals surface area contributed by atoms with Gasteiger partial charge >= 0.3 is 0 Å². The third-order valence-electron chi connectivity index (χ3n) is 3.29. The molecule has 0 spiro atoms. The van der Waals surface area contributed by atoms with E-state index in [0.29, 0.717) is 0 Å². The molecule has 1 atom stereocenters. The summed E-state index contributed by atoms with van der Waals surface area (Å²) in [4.78, 5) is 0. The van der Waals surface area contributed by atoms with Crippen LogP contribution in [0.1, 0.15) is 28.3 Å². The predicted octanol–water partition coefficient (Wildman–Crippen LogP) is 3.05. The quantitative estimate of drug-likeness (QED) is 0.636. The smallest absolute Gasteiger partial charge is 0.0502 e. The van der Waals surface area contributed by atoms with Crippen LogP contribution in [0.5, 0.6) is 0 Å². The highest BCUT2D eigenvalue weighted by atomic mass is 15.2. The number of nitrogens with two attached hydrogens (primary N) is 1. The Kier molecular flexibility index (Phi) is 4.13. The SMILES string of the molecule is Cc1cccc(CC(NN)c2ccccc2C)c1. The summed E-state index contributed by atoms with van der Waals surface area (Å²) >= 11 is 0. The van der Waals surface area contributed by atoms with E-state index in [4.69, 9.17) is 5.84 Å². The average molecular weight is 240 g/mol. The molecular weight excluding hydrogens is 220 g/mol. The fraction of sp³-hybridized carbons (Fsp3) is 0.250. The second kappa shape index (κ2) is 5.80. The van der Waals surface area contributed by atoms with E-state index in [1.807, 2.05) is 0 Å². The number of hydrogen-bond acceptors (Lipinski definition) is 2. The molecule has 0 aliphatic heterocycles. The molecule has 0 saturated carbocycles. The Bertz CT molecular complexity index is 520. The zero-order valence-electron chi connectivity index (χ0n) is 11.0. The van der Waals surface area contributed by atoms with E-state index in [1.165, 1.54) is 22.3 Å². The van der Waals surface area contributed by atoms with E-state index in [9.17, 15) is 0 Å². The van der Waals surface area contributed by atoms with Crippen LogP contribution >= 0.6 is 0 Å². The number of hydrogen-bond donors (Lipinski definition) is 2. The molecule has 0 bridgehead atoms. The van der Waals surface area contributed by atoms with Gasteiger partial charge in [-0.25, -0.2) is 0 Å². The average Bonchev–Trinajstić information content (AvgIpc) is 2.37. The summed E-state index contributed by atoms with van der Waals surface area (Å²) in [5.74, 6) is 5.71. The lowest BCUT2D eigenvalue weighted by atomic mass is 9.95. The van der Waals surface area contributed by atoms with Crippen molar-refractivity contribution < 1.29 is 0 Å². The monoisotopic (exact) mass is 240 g/mol. The van der Waals surface area contributed by atoms with E-state index >= 15 is 0 Å². The number of nitrogens with one attached hydrogen (secondary N) is 1. The summed E-state index contributed by atoms with van der Waals surface area (Å²) < 4.78 is 0. The van der Waals surface area contributed by atoms with Gasteiger partial charge in [0, 0.05) is 0 Å². The summed E-state index contributed by atoms with van der Waals surface area (Å²) in [5, 5.41) is 0. The van der Waals surface area contributed by atoms with Crippen molar-refractivity contribution in [2.24, 2.45) is 5.84 Å².